The summed E-state index contributed by atoms with van der Waals surface area (Å²) in [4.78, 5) is 17.8. The van der Waals surface area contributed by atoms with E-state index < -0.39 is 0 Å². The van der Waals surface area contributed by atoms with Crippen molar-refractivity contribution in [3.63, 3.8) is 0 Å². The Balaban J connectivity index is 3.04. The van der Waals surface area contributed by atoms with Crippen LogP contribution in [0.3, 0.4) is 0 Å². The Morgan fingerprint density at radius 3 is 2.15 bits per heavy atom. The minimum Gasteiger partial charge on any atom is -0.290 e. The van der Waals surface area contributed by atoms with Gasteiger partial charge in [0.2, 0.25) is 0 Å². The molecule has 0 saturated carbocycles. The third-order valence-corrected chi connectivity index (χ3v) is 3.45. The standard InChI is InChI=1S/C17H24N2O/c1-11-9-8-10-12-13(11)14(20)19(17(5,6)7)15(18-12)16(2,3)4/h8-10H,1-7H3. The number of benzene rings is 1. The van der Waals surface area contributed by atoms with E-state index >= 15 is 0 Å². The highest BCUT2D eigenvalue weighted by molar-refractivity contribution is 5.81. The third kappa shape index (κ3) is 2.37. The highest BCUT2D eigenvalue weighted by Gasteiger charge is 2.28. The number of rotatable bonds is 0. The van der Waals surface area contributed by atoms with Gasteiger partial charge in [0.25, 0.3) is 5.56 Å². The molecule has 0 N–H and O–H groups in total. The number of hydrogen-bond acceptors (Lipinski definition) is 2. The second-order valence-corrected chi connectivity index (χ2v) is 7.47. The van der Waals surface area contributed by atoms with Crippen LogP contribution >= 0.6 is 0 Å². The van der Waals surface area contributed by atoms with Crippen molar-refractivity contribution in [3.05, 3.63) is 39.9 Å². The Labute approximate surface area is 120 Å². The molecule has 2 rings (SSSR count). The zero-order valence-corrected chi connectivity index (χ0v) is 13.5. The fraction of sp³-hybridized carbons (Fsp3) is 0.529. The Kier molecular flexibility index (Phi) is 3.28. The van der Waals surface area contributed by atoms with Crippen LogP contribution in [0.1, 0.15) is 52.9 Å². The molecule has 0 fully saturated rings. The fourth-order valence-corrected chi connectivity index (χ4v) is 2.52. The predicted molar refractivity (Wildman–Crippen MR) is 84.4 cm³/mol. The van der Waals surface area contributed by atoms with Crippen molar-refractivity contribution in [2.45, 2.75) is 59.4 Å². The summed E-state index contributed by atoms with van der Waals surface area (Å²) in [6.07, 6.45) is 0. The zero-order chi connectivity index (χ0) is 15.3. The van der Waals surface area contributed by atoms with Crippen LogP contribution in [0.25, 0.3) is 10.9 Å². The van der Waals surface area contributed by atoms with Crippen LogP contribution in [0.15, 0.2) is 23.0 Å². The van der Waals surface area contributed by atoms with Crippen LogP contribution in [0, 0.1) is 6.92 Å². The Bertz CT molecular complexity index is 713. The normalized spacial score (nSPS) is 12.9. The number of aryl methyl sites for hydroxylation is 1. The highest BCUT2D eigenvalue weighted by Crippen LogP contribution is 2.26. The molecule has 0 unspecified atom stereocenters. The highest BCUT2D eigenvalue weighted by atomic mass is 16.1. The van der Waals surface area contributed by atoms with E-state index in [0.717, 1.165) is 22.3 Å². The number of fused-ring (bicyclic) bond motifs is 1. The van der Waals surface area contributed by atoms with Crippen LogP contribution in [0.2, 0.25) is 0 Å². The van der Waals surface area contributed by atoms with Gasteiger partial charge in [-0.25, -0.2) is 4.98 Å². The van der Waals surface area contributed by atoms with Crippen molar-refractivity contribution in [3.8, 4) is 0 Å². The second kappa shape index (κ2) is 4.44. The van der Waals surface area contributed by atoms with Gasteiger partial charge < -0.3 is 0 Å². The molecule has 0 aliphatic carbocycles. The lowest BCUT2D eigenvalue weighted by Crippen LogP contribution is -2.40. The van der Waals surface area contributed by atoms with Crippen molar-refractivity contribution >= 4 is 10.9 Å². The van der Waals surface area contributed by atoms with Crippen molar-refractivity contribution in [1.82, 2.24) is 9.55 Å². The first-order chi connectivity index (χ1) is 9.03. The number of aromatic nitrogens is 2. The number of hydrogen-bond donors (Lipinski definition) is 0. The summed E-state index contributed by atoms with van der Waals surface area (Å²) < 4.78 is 1.85. The summed E-state index contributed by atoms with van der Waals surface area (Å²) in [5, 5.41) is 0.732. The van der Waals surface area contributed by atoms with Crippen molar-refractivity contribution < 1.29 is 0 Å². The Morgan fingerprint density at radius 1 is 1.05 bits per heavy atom. The SMILES string of the molecule is Cc1cccc2nc(C(C)(C)C)n(C(C)(C)C)c(=O)c12. The van der Waals surface area contributed by atoms with Gasteiger partial charge >= 0.3 is 0 Å². The van der Waals surface area contributed by atoms with Gasteiger partial charge in [0.15, 0.2) is 0 Å². The molecule has 1 heterocycles. The molecule has 20 heavy (non-hydrogen) atoms. The maximum atomic E-state index is 13.0. The van der Waals surface area contributed by atoms with Crippen LogP contribution < -0.4 is 5.56 Å². The van der Waals surface area contributed by atoms with E-state index in [0.29, 0.717) is 0 Å². The van der Waals surface area contributed by atoms with Gasteiger partial charge in [-0.3, -0.25) is 9.36 Å². The first-order valence-corrected chi connectivity index (χ1v) is 7.07. The summed E-state index contributed by atoms with van der Waals surface area (Å²) in [7, 11) is 0. The van der Waals surface area contributed by atoms with Crippen LogP contribution in [0.5, 0.6) is 0 Å². The van der Waals surface area contributed by atoms with E-state index in [1.165, 1.54) is 0 Å². The monoisotopic (exact) mass is 272 g/mol. The van der Waals surface area contributed by atoms with Gasteiger partial charge in [-0.1, -0.05) is 32.9 Å². The molecule has 0 aliphatic heterocycles. The summed E-state index contributed by atoms with van der Waals surface area (Å²) >= 11 is 0. The summed E-state index contributed by atoms with van der Waals surface area (Å²) in [5.74, 6) is 0.841. The molecule has 0 spiro atoms. The molecule has 0 bridgehead atoms. The predicted octanol–water partition coefficient (Wildman–Crippen LogP) is 3.76. The quantitative estimate of drug-likeness (QED) is 0.732. The van der Waals surface area contributed by atoms with Gasteiger partial charge in [0.05, 0.1) is 10.9 Å². The second-order valence-electron chi connectivity index (χ2n) is 7.47. The first kappa shape index (κ1) is 14.8. The molecule has 2 aromatic rings. The Morgan fingerprint density at radius 2 is 1.65 bits per heavy atom. The molecule has 1 aromatic heterocycles. The molecule has 108 valence electrons. The number of nitrogens with zero attached hydrogens (tertiary/aromatic N) is 2. The molecular weight excluding hydrogens is 248 g/mol. The average Bonchev–Trinajstić information content (AvgIpc) is 2.25. The molecule has 0 atom stereocenters. The van der Waals surface area contributed by atoms with E-state index in [-0.39, 0.29) is 16.5 Å². The van der Waals surface area contributed by atoms with Gasteiger partial charge in [0, 0.05) is 11.0 Å². The topological polar surface area (TPSA) is 34.9 Å². The maximum absolute atomic E-state index is 13.0. The van der Waals surface area contributed by atoms with Crippen LogP contribution in [0.4, 0.5) is 0 Å². The molecule has 0 amide bonds. The first-order valence-electron chi connectivity index (χ1n) is 7.07. The lowest BCUT2D eigenvalue weighted by Gasteiger charge is -2.31. The van der Waals surface area contributed by atoms with Crippen molar-refractivity contribution in [2.24, 2.45) is 0 Å². The van der Waals surface area contributed by atoms with E-state index in [2.05, 4.69) is 41.5 Å². The zero-order valence-electron chi connectivity index (χ0n) is 13.5. The van der Waals surface area contributed by atoms with Gasteiger partial charge in [-0.15, -0.1) is 0 Å². The van der Waals surface area contributed by atoms with Gasteiger partial charge in [-0.2, -0.15) is 0 Å². The van der Waals surface area contributed by atoms with Gasteiger partial charge in [-0.05, 0) is 39.3 Å². The van der Waals surface area contributed by atoms with Gasteiger partial charge in [0.1, 0.15) is 5.82 Å². The lowest BCUT2D eigenvalue weighted by molar-refractivity contribution is 0.338. The summed E-state index contributed by atoms with van der Waals surface area (Å²) in [6.45, 7) is 14.4. The van der Waals surface area contributed by atoms with E-state index in [1.807, 2.05) is 29.7 Å². The largest absolute Gasteiger partial charge is 0.290 e. The molecule has 0 aliphatic rings. The van der Waals surface area contributed by atoms with E-state index in [4.69, 9.17) is 4.98 Å². The lowest BCUT2D eigenvalue weighted by atomic mass is 9.92. The maximum Gasteiger partial charge on any atom is 0.262 e. The molecule has 1 aromatic carbocycles. The fourth-order valence-electron chi connectivity index (χ4n) is 2.52. The molecule has 3 nitrogen and oxygen atoms in total. The van der Waals surface area contributed by atoms with E-state index in [9.17, 15) is 4.79 Å². The van der Waals surface area contributed by atoms with Crippen molar-refractivity contribution in [2.75, 3.05) is 0 Å². The summed E-state index contributed by atoms with van der Waals surface area (Å²) in [5.41, 5.74) is 1.37. The van der Waals surface area contributed by atoms with Crippen LogP contribution in [-0.4, -0.2) is 9.55 Å². The molecule has 3 heteroatoms. The molecular formula is C17H24N2O. The average molecular weight is 272 g/mol. The minimum absolute atomic E-state index is 0.0607. The van der Waals surface area contributed by atoms with E-state index in [1.54, 1.807) is 0 Å². The summed E-state index contributed by atoms with van der Waals surface area (Å²) in [6, 6.07) is 5.85. The third-order valence-electron chi connectivity index (χ3n) is 3.45. The van der Waals surface area contributed by atoms with Crippen molar-refractivity contribution in [1.29, 1.82) is 0 Å². The minimum atomic E-state index is -0.289. The molecule has 0 saturated heterocycles. The molecule has 0 radical (unpaired) electrons. The Hall–Kier alpha value is -1.64. The smallest absolute Gasteiger partial charge is 0.262 e. The van der Waals surface area contributed by atoms with Crippen LogP contribution in [-0.2, 0) is 11.0 Å².